The summed E-state index contributed by atoms with van der Waals surface area (Å²) in [6.45, 7) is 11.0. The lowest BCUT2D eigenvalue weighted by Gasteiger charge is -2.60. The number of amides is 2. The van der Waals surface area contributed by atoms with Crippen molar-refractivity contribution in [3.8, 4) is 11.5 Å². The monoisotopic (exact) mass is 940 g/mol. The first-order valence-electron chi connectivity index (χ1n) is 25.5. The molecule has 69 heavy (non-hydrogen) atoms. The number of allylic oxidation sites excluding steroid dienone is 1. The van der Waals surface area contributed by atoms with E-state index >= 15 is 4.79 Å². The van der Waals surface area contributed by atoms with Gasteiger partial charge in [0.25, 0.3) is 0 Å². The number of ether oxygens (including phenoxy) is 3. The summed E-state index contributed by atoms with van der Waals surface area (Å²) in [6, 6.07) is 29.2. The third-order valence-corrected chi connectivity index (χ3v) is 14.7. The van der Waals surface area contributed by atoms with Crippen LogP contribution in [0.15, 0.2) is 120 Å². The number of hydrogen-bond donors (Lipinski definition) is 3. The van der Waals surface area contributed by atoms with Gasteiger partial charge in [0.2, 0.25) is 11.7 Å². The molecule has 3 N–H and O–H groups in total. The van der Waals surface area contributed by atoms with Crippen molar-refractivity contribution in [3.63, 3.8) is 0 Å². The molecule has 368 valence electrons. The molecule has 3 aliphatic carbocycles. The van der Waals surface area contributed by atoms with Crippen LogP contribution in [0.4, 0.5) is 4.79 Å². The van der Waals surface area contributed by atoms with Gasteiger partial charge in [-0.25, -0.2) is 4.79 Å². The number of oxime groups is 1. The van der Waals surface area contributed by atoms with Gasteiger partial charge in [-0.1, -0.05) is 129 Å². The Hall–Kier alpha value is -5.49. The summed E-state index contributed by atoms with van der Waals surface area (Å²) in [7, 11) is 0. The zero-order valence-electron chi connectivity index (χ0n) is 41.0. The van der Waals surface area contributed by atoms with Crippen molar-refractivity contribution in [2.24, 2.45) is 28.8 Å². The fourth-order valence-electron chi connectivity index (χ4n) is 11.6. The van der Waals surface area contributed by atoms with Crippen LogP contribution in [0.25, 0.3) is 10.8 Å². The van der Waals surface area contributed by atoms with Crippen molar-refractivity contribution in [1.29, 1.82) is 0 Å². The van der Waals surface area contributed by atoms with E-state index in [0.717, 1.165) is 83.7 Å². The van der Waals surface area contributed by atoms with Gasteiger partial charge in [0.1, 0.15) is 23.1 Å². The van der Waals surface area contributed by atoms with Gasteiger partial charge in [-0.3, -0.25) is 4.79 Å². The molecular weight excluding hydrogens is 867 g/mol. The van der Waals surface area contributed by atoms with Gasteiger partial charge >= 0.3 is 6.09 Å². The number of carbonyl (C=O) groups excluding carboxylic acids is 2. The lowest BCUT2D eigenvalue weighted by molar-refractivity contribution is -0.258. The molecule has 0 radical (unpaired) electrons. The van der Waals surface area contributed by atoms with Crippen molar-refractivity contribution in [2.45, 2.75) is 141 Å². The molecule has 4 aromatic rings. The van der Waals surface area contributed by atoms with Crippen LogP contribution in [-0.4, -0.2) is 70.1 Å². The summed E-state index contributed by atoms with van der Waals surface area (Å²) in [5, 5.41) is 30.3. The summed E-state index contributed by atoms with van der Waals surface area (Å²) in [5.41, 5.74) is 3.95. The number of fused-ring (bicyclic) bond motifs is 3. The predicted molar refractivity (Wildman–Crippen MR) is 271 cm³/mol. The zero-order chi connectivity index (χ0) is 48.4. The van der Waals surface area contributed by atoms with Crippen molar-refractivity contribution in [3.05, 3.63) is 132 Å². The number of hydrogen-bond acceptors (Lipinski definition) is 9. The van der Waals surface area contributed by atoms with Crippen LogP contribution < -0.4 is 14.8 Å². The lowest BCUT2D eigenvalue weighted by Crippen LogP contribution is -2.70. The van der Waals surface area contributed by atoms with E-state index in [2.05, 4.69) is 48.3 Å². The Morgan fingerprint density at radius 2 is 1.65 bits per heavy atom. The van der Waals surface area contributed by atoms with Gasteiger partial charge in [0.15, 0.2) is 0 Å². The summed E-state index contributed by atoms with van der Waals surface area (Å²) < 4.78 is 20.9. The molecule has 0 saturated heterocycles. The molecule has 4 aromatic carbocycles. The lowest BCUT2D eigenvalue weighted by atomic mass is 9.55. The smallest absolute Gasteiger partial charge is 0.412 e. The maximum Gasteiger partial charge on any atom is 0.412 e. The van der Waals surface area contributed by atoms with Crippen LogP contribution in [0, 0.1) is 23.7 Å². The summed E-state index contributed by atoms with van der Waals surface area (Å²) in [5.74, 6) is -0.621. The number of carbonyl (C=O) groups is 2. The first kappa shape index (κ1) is 49.9. The van der Waals surface area contributed by atoms with E-state index < -0.39 is 29.4 Å². The Balaban J connectivity index is 1.31. The molecule has 2 saturated carbocycles. The van der Waals surface area contributed by atoms with Gasteiger partial charge in [-0.2, -0.15) is 0 Å². The molecule has 8 rings (SSSR count). The Morgan fingerprint density at radius 3 is 2.41 bits per heavy atom. The number of unbranched alkanes of at least 4 members (excludes halogenated alkanes) is 2. The summed E-state index contributed by atoms with van der Waals surface area (Å²) >= 11 is 0. The van der Waals surface area contributed by atoms with Crippen molar-refractivity contribution in [1.82, 2.24) is 10.2 Å². The third kappa shape index (κ3) is 11.8. The summed E-state index contributed by atoms with van der Waals surface area (Å²) in [6.07, 6.45) is 14.2. The number of nitrogens with zero attached hydrogens (tertiary/aromatic N) is 2. The standard InChI is InChI=1S/C58H73N3O8/c1-5-34-66-58-52(61(53(64)31-28-40-18-9-10-19-40)39-44-25-17-24-42-22-11-12-26-46(42)44)37-50(60-69-57(2,3)4)48-35-43(23-13-15-32-62)47(27-14-16-33-63)54(55(48)58)49-36-45(29-30-51(49)68-58)67-56(65)59-38-41-20-7-6-8-21-41/h5-8,11-12,17,20-22,24-26,29-30,35-36,40,43,47,52,54-55,62-63H,1,9-10,13-16,18-19,23,27-28,31-34,37-39H2,2-4H3,(H,59,65). The second-order valence-electron chi connectivity index (χ2n) is 20.6. The Bertz CT molecular complexity index is 2430. The van der Waals surface area contributed by atoms with Gasteiger partial charge in [-0.15, -0.1) is 6.58 Å². The van der Waals surface area contributed by atoms with Crippen LogP contribution >= 0.6 is 0 Å². The molecule has 0 aromatic heterocycles. The molecule has 1 aliphatic heterocycles. The molecule has 0 bridgehead atoms. The quantitative estimate of drug-likeness (QED) is 0.0426. The Labute approximate surface area is 408 Å². The van der Waals surface area contributed by atoms with Crippen molar-refractivity contribution < 1.29 is 38.9 Å². The van der Waals surface area contributed by atoms with Crippen molar-refractivity contribution in [2.75, 3.05) is 19.8 Å². The predicted octanol–water partition coefficient (Wildman–Crippen LogP) is 11.6. The molecule has 11 heteroatoms. The van der Waals surface area contributed by atoms with E-state index in [1.54, 1.807) is 12.1 Å². The fourth-order valence-corrected chi connectivity index (χ4v) is 11.6. The molecule has 6 atom stereocenters. The van der Waals surface area contributed by atoms with Crippen molar-refractivity contribution >= 4 is 28.5 Å². The van der Waals surface area contributed by atoms with Crippen LogP contribution in [0.1, 0.15) is 127 Å². The zero-order valence-corrected chi connectivity index (χ0v) is 41.0. The molecule has 2 fully saturated rings. The topological polar surface area (TPSA) is 139 Å². The average Bonchev–Trinajstić information content (AvgIpc) is 3.88. The van der Waals surface area contributed by atoms with Gasteiger partial charge in [0, 0.05) is 50.6 Å². The first-order valence-corrected chi connectivity index (χ1v) is 25.5. The van der Waals surface area contributed by atoms with E-state index in [0.29, 0.717) is 56.2 Å². The number of rotatable bonds is 21. The minimum Gasteiger partial charge on any atom is -0.459 e. The van der Waals surface area contributed by atoms with Gasteiger partial charge in [-0.05, 0) is 116 Å². The number of benzene rings is 4. The fraction of sp³-hybridized carbons (Fsp3) is 0.500. The molecule has 0 spiro atoms. The summed E-state index contributed by atoms with van der Waals surface area (Å²) in [4.78, 5) is 37.3. The molecule has 4 aliphatic rings. The molecular formula is C58H73N3O8. The largest absolute Gasteiger partial charge is 0.459 e. The van der Waals surface area contributed by atoms with E-state index in [1.165, 1.54) is 12.8 Å². The average molecular weight is 940 g/mol. The van der Waals surface area contributed by atoms with Crippen LogP contribution in [-0.2, 0) is 27.5 Å². The Morgan fingerprint density at radius 1 is 0.913 bits per heavy atom. The highest BCUT2D eigenvalue weighted by atomic mass is 16.7. The first-order chi connectivity index (χ1) is 33.5. The van der Waals surface area contributed by atoms with Crippen LogP contribution in [0.2, 0.25) is 0 Å². The highest BCUT2D eigenvalue weighted by molar-refractivity contribution is 6.03. The van der Waals surface area contributed by atoms with E-state index in [1.807, 2.05) is 80.3 Å². The molecule has 1 heterocycles. The highest BCUT2D eigenvalue weighted by Gasteiger charge is 2.65. The normalized spacial score (nSPS) is 23.6. The minimum absolute atomic E-state index is 0.00799. The van der Waals surface area contributed by atoms with E-state index in [9.17, 15) is 15.0 Å². The van der Waals surface area contributed by atoms with Gasteiger partial charge < -0.3 is 39.5 Å². The highest BCUT2D eigenvalue weighted by Crippen LogP contribution is 2.62. The minimum atomic E-state index is -1.42. The Kier molecular flexibility index (Phi) is 16.6. The van der Waals surface area contributed by atoms with Gasteiger partial charge in [0.05, 0.1) is 18.2 Å². The maximum atomic E-state index is 15.5. The van der Waals surface area contributed by atoms with E-state index in [4.69, 9.17) is 24.2 Å². The molecule has 2 amide bonds. The second-order valence-corrected chi connectivity index (χ2v) is 20.6. The van der Waals surface area contributed by atoms with Crippen LogP contribution in [0.5, 0.6) is 11.5 Å². The number of nitrogens with one attached hydrogen (secondary N) is 1. The number of aliphatic hydroxyl groups excluding tert-OH is 2. The number of aliphatic hydroxyl groups is 2. The maximum absolute atomic E-state index is 15.5. The third-order valence-electron chi connectivity index (χ3n) is 14.7. The second kappa shape index (κ2) is 23.0. The van der Waals surface area contributed by atoms with Crippen LogP contribution in [0.3, 0.4) is 0 Å². The van der Waals surface area contributed by atoms with E-state index in [-0.39, 0.29) is 43.5 Å². The molecule has 6 unspecified atom stereocenters. The SMILES string of the molecule is C=CCOC12Oc3ccc(OC(=O)NCc4ccccc4)cc3C3C(CCCCO)C(CCCCO)C=C(C(=NOC(C)(C)C)CC1N(Cc1cccc4ccccc14)C(=O)CCC1CCCC1)C32. The molecule has 11 nitrogen and oxygen atoms in total.